The molecule has 0 bridgehead atoms. The minimum atomic E-state index is -1.15. The number of carboxylic acids is 2. The third-order valence-electron chi connectivity index (χ3n) is 1.59. The Balaban J connectivity index is 2.53. The number of aliphatic carboxylic acids is 2. The summed E-state index contributed by atoms with van der Waals surface area (Å²) in [5, 5.41) is 16.8. The topological polar surface area (TPSA) is 93.1 Å². The lowest BCUT2D eigenvalue weighted by molar-refractivity contribution is -0.213. The van der Waals surface area contributed by atoms with Crippen LogP contribution < -0.4 is 4.89 Å². The highest BCUT2D eigenvalue weighted by atomic mass is 17.2. The lowest BCUT2D eigenvalue weighted by atomic mass is 10.1. The van der Waals surface area contributed by atoms with E-state index in [9.17, 15) is 9.59 Å². The highest BCUT2D eigenvalue weighted by molar-refractivity contribution is 5.70. The van der Waals surface area contributed by atoms with Crippen LogP contribution in [0.1, 0.15) is 5.56 Å². The van der Waals surface area contributed by atoms with Crippen molar-refractivity contribution in [2.45, 2.75) is 6.42 Å². The van der Waals surface area contributed by atoms with Crippen molar-refractivity contribution in [3.05, 3.63) is 29.8 Å². The molecule has 0 aliphatic carbocycles. The fourth-order valence-electron chi connectivity index (χ4n) is 1.03. The molecule has 0 aliphatic rings. The van der Waals surface area contributed by atoms with Gasteiger partial charge in [-0.05, 0) is 17.7 Å². The Morgan fingerprint density at radius 3 is 2.56 bits per heavy atom. The third kappa shape index (κ3) is 4.43. The second kappa shape index (κ2) is 5.72. The van der Waals surface area contributed by atoms with E-state index in [2.05, 4.69) is 9.78 Å². The summed E-state index contributed by atoms with van der Waals surface area (Å²) in [5.41, 5.74) is 0.545. The molecule has 0 atom stereocenters. The van der Waals surface area contributed by atoms with Crippen LogP contribution in [0.5, 0.6) is 5.75 Å². The maximum Gasteiger partial charge on any atom is 0.334 e. The van der Waals surface area contributed by atoms with E-state index >= 15 is 0 Å². The van der Waals surface area contributed by atoms with E-state index in [4.69, 9.17) is 10.2 Å². The van der Waals surface area contributed by atoms with E-state index < -0.39 is 18.5 Å². The molecule has 0 fully saturated rings. The average molecular weight is 226 g/mol. The van der Waals surface area contributed by atoms with Crippen LogP contribution in [0.25, 0.3) is 0 Å². The zero-order valence-corrected chi connectivity index (χ0v) is 8.25. The van der Waals surface area contributed by atoms with Gasteiger partial charge >= 0.3 is 11.9 Å². The van der Waals surface area contributed by atoms with Gasteiger partial charge in [0.25, 0.3) is 0 Å². The predicted octanol–water partition coefficient (Wildman–Crippen LogP) is 0.709. The maximum absolute atomic E-state index is 10.4. The summed E-state index contributed by atoms with van der Waals surface area (Å²) in [6.07, 6.45) is -0.129. The van der Waals surface area contributed by atoms with Gasteiger partial charge in [0.2, 0.25) is 0 Å². The first-order chi connectivity index (χ1) is 7.58. The molecule has 1 aromatic rings. The van der Waals surface area contributed by atoms with Gasteiger partial charge in [0.1, 0.15) is 0 Å². The van der Waals surface area contributed by atoms with Gasteiger partial charge in [0.15, 0.2) is 12.4 Å². The number of carbonyl (C=O) groups is 2. The number of hydrogen-bond acceptors (Lipinski definition) is 4. The van der Waals surface area contributed by atoms with Crippen LogP contribution in [0.4, 0.5) is 0 Å². The lowest BCUT2D eigenvalue weighted by Crippen LogP contribution is -2.09. The first-order valence-corrected chi connectivity index (χ1v) is 4.40. The van der Waals surface area contributed by atoms with Crippen molar-refractivity contribution >= 4 is 11.9 Å². The van der Waals surface area contributed by atoms with E-state index in [-0.39, 0.29) is 12.2 Å². The molecule has 0 saturated heterocycles. The van der Waals surface area contributed by atoms with Gasteiger partial charge in [-0.15, -0.1) is 0 Å². The Morgan fingerprint density at radius 1 is 1.19 bits per heavy atom. The molecule has 16 heavy (non-hydrogen) atoms. The van der Waals surface area contributed by atoms with E-state index in [0.717, 1.165) is 0 Å². The zero-order chi connectivity index (χ0) is 12.0. The van der Waals surface area contributed by atoms with Gasteiger partial charge in [-0.25, -0.2) is 4.79 Å². The first kappa shape index (κ1) is 12.0. The molecule has 0 spiro atoms. The van der Waals surface area contributed by atoms with Crippen molar-refractivity contribution in [1.82, 2.24) is 0 Å². The van der Waals surface area contributed by atoms with Crippen molar-refractivity contribution in [1.29, 1.82) is 0 Å². The summed E-state index contributed by atoms with van der Waals surface area (Å²) in [6.45, 7) is -0.580. The molecule has 86 valence electrons. The fourth-order valence-corrected chi connectivity index (χ4v) is 1.03. The molecule has 1 aromatic carbocycles. The predicted molar refractivity (Wildman–Crippen MR) is 52.0 cm³/mol. The molecular weight excluding hydrogens is 216 g/mol. The number of rotatable bonds is 6. The normalized spacial score (nSPS) is 9.75. The monoisotopic (exact) mass is 226 g/mol. The summed E-state index contributed by atoms with van der Waals surface area (Å²) in [4.78, 5) is 29.6. The largest absolute Gasteiger partial charge is 0.481 e. The standard InChI is InChI=1S/C10H10O6/c11-9(12)5-7-2-1-3-8(4-7)16-15-6-10(13)14/h1-4H,5-6H2,(H,11,12)(H,13,14). The van der Waals surface area contributed by atoms with Crippen molar-refractivity contribution < 1.29 is 29.6 Å². The Labute approximate surface area is 91.0 Å². The molecule has 2 N–H and O–H groups in total. The molecule has 0 amide bonds. The van der Waals surface area contributed by atoms with Crippen LogP contribution in [0.3, 0.4) is 0 Å². The summed E-state index contributed by atoms with van der Waals surface area (Å²) in [7, 11) is 0. The van der Waals surface area contributed by atoms with Crippen molar-refractivity contribution in [2.24, 2.45) is 0 Å². The van der Waals surface area contributed by atoms with E-state index in [1.54, 1.807) is 12.1 Å². The van der Waals surface area contributed by atoms with Crippen LogP contribution in [0.15, 0.2) is 24.3 Å². The summed E-state index contributed by atoms with van der Waals surface area (Å²) in [5.74, 6) is -1.84. The van der Waals surface area contributed by atoms with Crippen LogP contribution >= 0.6 is 0 Å². The van der Waals surface area contributed by atoms with Gasteiger partial charge < -0.3 is 15.1 Å². The molecule has 0 heterocycles. The van der Waals surface area contributed by atoms with Gasteiger partial charge in [0, 0.05) is 0 Å². The molecule has 1 rings (SSSR count). The quantitative estimate of drug-likeness (QED) is 0.548. The Hall–Kier alpha value is -2.08. The maximum atomic E-state index is 10.4. The molecule has 6 heteroatoms. The molecule has 0 radical (unpaired) electrons. The van der Waals surface area contributed by atoms with Crippen molar-refractivity contribution in [3.8, 4) is 5.75 Å². The third-order valence-corrected chi connectivity index (χ3v) is 1.59. The summed E-state index contributed by atoms with van der Waals surface area (Å²) < 4.78 is 0. The van der Waals surface area contributed by atoms with Crippen molar-refractivity contribution in [3.63, 3.8) is 0 Å². The highest BCUT2D eigenvalue weighted by Crippen LogP contribution is 2.13. The van der Waals surface area contributed by atoms with Gasteiger partial charge in [0.05, 0.1) is 6.42 Å². The van der Waals surface area contributed by atoms with Crippen LogP contribution in [0, 0.1) is 0 Å². The summed E-state index contributed by atoms with van der Waals surface area (Å²) in [6, 6.07) is 6.22. The van der Waals surface area contributed by atoms with E-state index in [1.165, 1.54) is 12.1 Å². The van der Waals surface area contributed by atoms with Crippen molar-refractivity contribution in [2.75, 3.05) is 6.61 Å². The van der Waals surface area contributed by atoms with Crippen LogP contribution in [-0.2, 0) is 20.9 Å². The van der Waals surface area contributed by atoms with E-state index in [0.29, 0.717) is 5.56 Å². The molecule has 6 nitrogen and oxygen atoms in total. The minimum Gasteiger partial charge on any atom is -0.481 e. The second-order valence-corrected chi connectivity index (χ2v) is 2.96. The van der Waals surface area contributed by atoms with Gasteiger partial charge in [-0.3, -0.25) is 4.79 Å². The summed E-state index contributed by atoms with van der Waals surface area (Å²) >= 11 is 0. The smallest absolute Gasteiger partial charge is 0.334 e. The van der Waals surface area contributed by atoms with E-state index in [1.807, 2.05) is 0 Å². The minimum absolute atomic E-state index is 0.129. The fraction of sp³-hybridized carbons (Fsp3) is 0.200. The molecule has 0 aromatic heterocycles. The Kier molecular flexibility index (Phi) is 4.28. The van der Waals surface area contributed by atoms with Gasteiger partial charge in [-0.2, -0.15) is 4.89 Å². The van der Waals surface area contributed by atoms with Gasteiger partial charge in [-0.1, -0.05) is 12.1 Å². The molecule has 0 aliphatic heterocycles. The first-order valence-electron chi connectivity index (χ1n) is 4.40. The number of carboxylic acid groups (broad SMARTS) is 2. The Bertz CT molecular complexity index is 387. The Morgan fingerprint density at radius 2 is 1.94 bits per heavy atom. The number of hydrogen-bond donors (Lipinski definition) is 2. The second-order valence-electron chi connectivity index (χ2n) is 2.96. The molecule has 0 saturated carbocycles. The zero-order valence-electron chi connectivity index (χ0n) is 8.25. The van der Waals surface area contributed by atoms with Crippen LogP contribution in [0.2, 0.25) is 0 Å². The highest BCUT2D eigenvalue weighted by Gasteiger charge is 2.03. The average Bonchev–Trinajstić information content (AvgIpc) is 2.16. The SMILES string of the molecule is O=C(O)COOc1cccc(CC(=O)O)c1. The molecule has 0 unspecified atom stereocenters. The number of benzene rings is 1. The lowest BCUT2D eigenvalue weighted by Gasteiger charge is -2.04. The molecular formula is C10H10O6. The van der Waals surface area contributed by atoms with Crippen LogP contribution in [-0.4, -0.2) is 28.8 Å².